The van der Waals surface area contributed by atoms with Crippen molar-refractivity contribution in [2.45, 2.75) is 52.6 Å². The molecule has 3 rings (SSSR count). The molecule has 7 heteroatoms. The van der Waals surface area contributed by atoms with Gasteiger partial charge in [0.05, 0.1) is 5.69 Å². The highest BCUT2D eigenvalue weighted by atomic mass is 35.5. The lowest BCUT2D eigenvalue weighted by Crippen LogP contribution is -2.26. The Hall–Kier alpha value is -1.76. The van der Waals surface area contributed by atoms with Crippen LogP contribution in [-0.2, 0) is 18.5 Å². The highest BCUT2D eigenvalue weighted by Crippen LogP contribution is 2.26. The van der Waals surface area contributed by atoms with E-state index in [0.717, 1.165) is 35.2 Å². The molecule has 0 saturated heterocycles. The summed E-state index contributed by atoms with van der Waals surface area (Å²) in [6.45, 7) is 10.8. The van der Waals surface area contributed by atoms with Crippen LogP contribution in [0.1, 0.15) is 50.4 Å². The second kappa shape index (κ2) is 8.09. The van der Waals surface area contributed by atoms with Crippen molar-refractivity contribution in [3.05, 3.63) is 62.0 Å². The van der Waals surface area contributed by atoms with E-state index in [0.29, 0.717) is 11.5 Å². The van der Waals surface area contributed by atoms with E-state index in [2.05, 4.69) is 37.7 Å². The third-order valence-corrected chi connectivity index (χ3v) is 5.77. The minimum Gasteiger partial charge on any atom is -0.293 e. The first-order chi connectivity index (χ1) is 12.8. The highest BCUT2D eigenvalue weighted by Gasteiger charge is 2.21. The van der Waals surface area contributed by atoms with Crippen molar-refractivity contribution in [3.8, 4) is 0 Å². The molecule has 0 aliphatic rings. The third-order valence-electron chi connectivity index (χ3n) is 4.18. The van der Waals surface area contributed by atoms with Crippen LogP contribution in [0.5, 0.6) is 0 Å². The van der Waals surface area contributed by atoms with Gasteiger partial charge in [-0.05, 0) is 30.7 Å². The molecule has 144 valence electrons. The fraction of sp³-hybridized carbons (Fsp3) is 0.450. The molecule has 0 atom stereocenters. The Morgan fingerprint density at radius 1 is 1.19 bits per heavy atom. The molecule has 0 bridgehead atoms. The van der Waals surface area contributed by atoms with Crippen molar-refractivity contribution in [2.75, 3.05) is 6.54 Å². The normalized spacial score (nSPS) is 12.2. The predicted molar refractivity (Wildman–Crippen MR) is 112 cm³/mol. The van der Waals surface area contributed by atoms with Gasteiger partial charge in [-0.25, -0.2) is 4.98 Å². The molecule has 27 heavy (non-hydrogen) atoms. The average molecular weight is 405 g/mol. The average Bonchev–Trinajstić information content (AvgIpc) is 3.02. The van der Waals surface area contributed by atoms with Gasteiger partial charge in [0.2, 0.25) is 4.96 Å². The summed E-state index contributed by atoms with van der Waals surface area (Å²) in [7, 11) is 0. The largest absolute Gasteiger partial charge is 0.293 e. The lowest BCUT2D eigenvalue weighted by molar-refractivity contribution is 0.254. The molecule has 0 unspecified atom stereocenters. The zero-order valence-electron chi connectivity index (χ0n) is 16.2. The van der Waals surface area contributed by atoms with Crippen molar-refractivity contribution in [1.82, 2.24) is 19.5 Å². The zero-order chi connectivity index (χ0) is 19.6. The van der Waals surface area contributed by atoms with Gasteiger partial charge in [-0.15, -0.1) is 0 Å². The van der Waals surface area contributed by atoms with Crippen LogP contribution in [0.25, 0.3) is 4.96 Å². The second-order valence-electron chi connectivity index (χ2n) is 7.77. The third kappa shape index (κ3) is 4.94. The maximum absolute atomic E-state index is 12.5. The lowest BCUT2D eigenvalue weighted by atomic mass is 9.98. The Balaban J connectivity index is 1.86. The Bertz CT molecular complexity index is 972. The molecule has 0 fully saturated rings. The fourth-order valence-corrected chi connectivity index (χ4v) is 3.96. The van der Waals surface area contributed by atoms with Crippen LogP contribution < -0.4 is 5.56 Å². The Morgan fingerprint density at radius 2 is 1.89 bits per heavy atom. The summed E-state index contributed by atoms with van der Waals surface area (Å²) in [6, 6.07) is 9.49. The predicted octanol–water partition coefficient (Wildman–Crippen LogP) is 4.51. The monoisotopic (exact) mass is 404 g/mol. The Morgan fingerprint density at radius 3 is 2.52 bits per heavy atom. The number of nitrogens with zero attached hydrogens (tertiary/aromatic N) is 4. The van der Waals surface area contributed by atoms with Crippen molar-refractivity contribution in [3.63, 3.8) is 0 Å². The first-order valence-corrected chi connectivity index (χ1v) is 10.3. The number of aromatic nitrogens is 3. The molecule has 0 radical (unpaired) electrons. The van der Waals surface area contributed by atoms with E-state index in [1.165, 1.54) is 21.4 Å². The molecule has 0 saturated carbocycles. The van der Waals surface area contributed by atoms with E-state index in [9.17, 15) is 4.79 Å². The molecule has 0 N–H and O–H groups in total. The van der Waals surface area contributed by atoms with E-state index in [1.54, 1.807) is 6.07 Å². The van der Waals surface area contributed by atoms with Gasteiger partial charge in [-0.3, -0.25) is 9.69 Å². The van der Waals surface area contributed by atoms with Gasteiger partial charge >= 0.3 is 0 Å². The highest BCUT2D eigenvalue weighted by molar-refractivity contribution is 7.16. The van der Waals surface area contributed by atoms with Crippen LogP contribution in [0.4, 0.5) is 0 Å². The van der Waals surface area contributed by atoms with Gasteiger partial charge in [-0.2, -0.15) is 9.61 Å². The van der Waals surface area contributed by atoms with Gasteiger partial charge in [-0.1, -0.05) is 62.8 Å². The molecule has 5 nitrogen and oxygen atoms in total. The molecular weight excluding hydrogens is 380 g/mol. The summed E-state index contributed by atoms with van der Waals surface area (Å²) in [5, 5.41) is 6.10. The van der Waals surface area contributed by atoms with Gasteiger partial charge in [0.25, 0.3) is 5.56 Å². The summed E-state index contributed by atoms with van der Waals surface area (Å²) in [4.78, 5) is 20.2. The van der Waals surface area contributed by atoms with Gasteiger partial charge in [0, 0.05) is 29.6 Å². The number of benzene rings is 1. The molecule has 0 amide bonds. The van der Waals surface area contributed by atoms with E-state index >= 15 is 0 Å². The standard InChI is InChI=1S/C20H25ClN4OS/c1-5-10-24(12-14-6-8-15(21)9-7-14)13-16-11-17(26)25-19(22-16)27-18(23-25)20(2,3)4/h6-9,11H,5,10,12-13H2,1-4H3. The van der Waals surface area contributed by atoms with Crippen LogP contribution in [0.3, 0.4) is 0 Å². The number of hydrogen-bond acceptors (Lipinski definition) is 5. The maximum Gasteiger partial charge on any atom is 0.275 e. The Kier molecular flexibility index (Phi) is 5.99. The molecule has 2 aromatic heterocycles. The first-order valence-electron chi connectivity index (χ1n) is 9.13. The van der Waals surface area contributed by atoms with Gasteiger partial charge in [0.1, 0.15) is 5.01 Å². The molecule has 0 spiro atoms. The summed E-state index contributed by atoms with van der Waals surface area (Å²) in [6.07, 6.45) is 1.03. The fourth-order valence-electron chi connectivity index (χ4n) is 2.85. The summed E-state index contributed by atoms with van der Waals surface area (Å²) < 4.78 is 1.41. The zero-order valence-corrected chi connectivity index (χ0v) is 17.8. The minimum absolute atomic E-state index is 0.103. The van der Waals surface area contributed by atoms with Crippen LogP contribution in [0, 0.1) is 0 Å². The lowest BCUT2D eigenvalue weighted by Gasteiger charge is -2.21. The van der Waals surface area contributed by atoms with Crippen molar-refractivity contribution >= 4 is 27.9 Å². The topological polar surface area (TPSA) is 50.5 Å². The van der Waals surface area contributed by atoms with Crippen molar-refractivity contribution in [2.24, 2.45) is 0 Å². The Labute approximate surface area is 168 Å². The number of hydrogen-bond donors (Lipinski definition) is 0. The van der Waals surface area contributed by atoms with Crippen LogP contribution in [-0.4, -0.2) is 26.0 Å². The first kappa shape index (κ1) is 20.0. The number of fused-ring (bicyclic) bond motifs is 1. The molecule has 3 aromatic rings. The van der Waals surface area contributed by atoms with Crippen LogP contribution in [0.15, 0.2) is 35.1 Å². The van der Waals surface area contributed by atoms with Crippen LogP contribution >= 0.6 is 22.9 Å². The molecule has 2 heterocycles. The molecule has 1 aromatic carbocycles. The summed E-state index contributed by atoms with van der Waals surface area (Å²) in [5.41, 5.74) is 1.75. The smallest absolute Gasteiger partial charge is 0.275 e. The van der Waals surface area contributed by atoms with E-state index in [4.69, 9.17) is 16.6 Å². The van der Waals surface area contributed by atoms with E-state index < -0.39 is 0 Å². The second-order valence-corrected chi connectivity index (χ2v) is 9.17. The van der Waals surface area contributed by atoms with Crippen LogP contribution in [0.2, 0.25) is 5.02 Å². The molecular formula is C20H25ClN4OS. The van der Waals surface area contributed by atoms with E-state index in [-0.39, 0.29) is 11.0 Å². The van der Waals surface area contributed by atoms with Gasteiger partial charge in [0.15, 0.2) is 0 Å². The SMILES string of the molecule is CCCN(Cc1ccc(Cl)cc1)Cc1cc(=O)n2nc(C(C)(C)C)sc2n1. The van der Waals surface area contributed by atoms with E-state index in [1.807, 2.05) is 24.3 Å². The molecule has 0 aliphatic carbocycles. The maximum atomic E-state index is 12.5. The number of halogens is 1. The summed E-state index contributed by atoms with van der Waals surface area (Å²) >= 11 is 7.47. The van der Waals surface area contributed by atoms with Crippen molar-refractivity contribution < 1.29 is 0 Å². The molecule has 0 aliphatic heterocycles. The quantitative estimate of drug-likeness (QED) is 0.606. The summed E-state index contributed by atoms with van der Waals surface area (Å²) in [5.74, 6) is 0. The number of rotatable bonds is 6. The van der Waals surface area contributed by atoms with Gasteiger partial charge < -0.3 is 0 Å². The minimum atomic E-state index is -0.121. The van der Waals surface area contributed by atoms with Crippen molar-refractivity contribution in [1.29, 1.82) is 0 Å².